The molecule has 3 rings (SSSR count). The summed E-state index contributed by atoms with van der Waals surface area (Å²) in [5, 5.41) is 0. The molecule has 3 atom stereocenters. The van der Waals surface area contributed by atoms with Gasteiger partial charge in [0.1, 0.15) is 0 Å². The molecule has 0 saturated heterocycles. The number of hydrogen-bond donors (Lipinski definition) is 0. The van der Waals surface area contributed by atoms with Crippen LogP contribution in [0.3, 0.4) is 0 Å². The van der Waals surface area contributed by atoms with E-state index in [0.29, 0.717) is 5.41 Å². The molecule has 0 aromatic rings. The van der Waals surface area contributed by atoms with Gasteiger partial charge in [0.15, 0.2) is 0 Å². The van der Waals surface area contributed by atoms with Crippen LogP contribution in [0.25, 0.3) is 0 Å². The van der Waals surface area contributed by atoms with E-state index < -0.39 is 0 Å². The maximum Gasteiger partial charge on any atom is -0.0295 e. The Morgan fingerprint density at radius 1 is 1.20 bits per heavy atom. The van der Waals surface area contributed by atoms with Gasteiger partial charge in [0.05, 0.1) is 0 Å². The largest absolute Gasteiger partial charge is 0.0622 e. The van der Waals surface area contributed by atoms with Crippen LogP contribution in [0.4, 0.5) is 0 Å². The third-order valence-electron chi connectivity index (χ3n) is 4.20. The van der Waals surface area contributed by atoms with Crippen molar-refractivity contribution in [2.75, 3.05) is 0 Å². The highest BCUT2D eigenvalue weighted by molar-refractivity contribution is 5.01. The summed E-state index contributed by atoms with van der Waals surface area (Å²) in [5.74, 6) is 3.15. The fourth-order valence-corrected chi connectivity index (χ4v) is 3.18. The van der Waals surface area contributed by atoms with E-state index in [2.05, 4.69) is 20.8 Å². The van der Waals surface area contributed by atoms with Crippen molar-refractivity contribution in [2.24, 2.45) is 23.2 Å². The topological polar surface area (TPSA) is 0 Å². The van der Waals surface area contributed by atoms with E-state index in [0.717, 1.165) is 17.8 Å². The van der Waals surface area contributed by atoms with Crippen molar-refractivity contribution in [3.05, 3.63) is 0 Å². The lowest BCUT2D eigenvalue weighted by atomic mass is 9.46. The van der Waals surface area contributed by atoms with Crippen LogP contribution in [-0.4, -0.2) is 0 Å². The third kappa shape index (κ3) is 0.627. The Bertz CT molecular complexity index is 144. The molecular weight excluding hydrogens is 120 g/mol. The minimum absolute atomic E-state index is 0.706. The van der Waals surface area contributed by atoms with E-state index >= 15 is 0 Å². The molecule has 0 aliphatic heterocycles. The van der Waals surface area contributed by atoms with E-state index in [9.17, 15) is 0 Å². The van der Waals surface area contributed by atoms with Crippen LogP contribution in [0.5, 0.6) is 0 Å². The maximum atomic E-state index is 2.46. The smallest absolute Gasteiger partial charge is 0.0295 e. The number of hydrogen-bond acceptors (Lipinski definition) is 0. The minimum Gasteiger partial charge on any atom is -0.0622 e. The van der Waals surface area contributed by atoms with Gasteiger partial charge in [-0.25, -0.2) is 0 Å². The monoisotopic (exact) mass is 138 g/mol. The van der Waals surface area contributed by atoms with Gasteiger partial charge in [0.25, 0.3) is 0 Å². The van der Waals surface area contributed by atoms with Crippen molar-refractivity contribution in [3.8, 4) is 0 Å². The summed E-state index contributed by atoms with van der Waals surface area (Å²) < 4.78 is 0. The third-order valence-corrected chi connectivity index (χ3v) is 4.20. The predicted octanol–water partition coefficient (Wildman–Crippen LogP) is 3.08. The lowest BCUT2D eigenvalue weighted by molar-refractivity contribution is -0.0988. The second-order valence-electron chi connectivity index (χ2n) is 4.92. The molecule has 1 unspecified atom stereocenters. The Balaban J connectivity index is 2.16. The van der Waals surface area contributed by atoms with Crippen LogP contribution in [-0.2, 0) is 0 Å². The Hall–Kier alpha value is 0. The molecule has 2 bridgehead atoms. The first-order valence-electron chi connectivity index (χ1n) is 4.62. The molecule has 3 saturated carbocycles. The van der Waals surface area contributed by atoms with Crippen molar-refractivity contribution < 1.29 is 0 Å². The molecule has 0 amide bonds. The Morgan fingerprint density at radius 2 is 1.90 bits per heavy atom. The fourth-order valence-electron chi connectivity index (χ4n) is 3.18. The average molecular weight is 138 g/mol. The summed E-state index contributed by atoms with van der Waals surface area (Å²) in [6.07, 6.45) is 4.54. The zero-order valence-corrected chi connectivity index (χ0v) is 7.35. The summed E-state index contributed by atoms with van der Waals surface area (Å²) in [5.41, 5.74) is 0.706. The molecule has 3 aliphatic rings. The molecule has 10 heavy (non-hydrogen) atoms. The zero-order chi connectivity index (χ0) is 7.35. The van der Waals surface area contributed by atoms with Crippen molar-refractivity contribution in [1.82, 2.24) is 0 Å². The normalized spacial score (nSPS) is 50.1. The molecule has 0 aromatic heterocycles. The highest BCUT2D eigenvalue weighted by atomic mass is 14.6. The van der Waals surface area contributed by atoms with Gasteiger partial charge in [-0.05, 0) is 36.0 Å². The van der Waals surface area contributed by atoms with Gasteiger partial charge in [-0.15, -0.1) is 0 Å². The van der Waals surface area contributed by atoms with Crippen LogP contribution in [0.15, 0.2) is 0 Å². The van der Waals surface area contributed by atoms with Gasteiger partial charge in [-0.3, -0.25) is 0 Å². The van der Waals surface area contributed by atoms with Gasteiger partial charge < -0.3 is 0 Å². The Morgan fingerprint density at radius 3 is 2.20 bits per heavy atom. The Labute approximate surface area is 64.0 Å². The summed E-state index contributed by atoms with van der Waals surface area (Å²) in [4.78, 5) is 0. The van der Waals surface area contributed by atoms with Crippen LogP contribution in [0, 0.1) is 23.2 Å². The summed E-state index contributed by atoms with van der Waals surface area (Å²) >= 11 is 0. The SMILES string of the molecule is C[C@@H]1CCC2C[C@@H]1C2(C)C. The van der Waals surface area contributed by atoms with Crippen LogP contribution < -0.4 is 0 Å². The van der Waals surface area contributed by atoms with Gasteiger partial charge >= 0.3 is 0 Å². The molecule has 0 nitrogen and oxygen atoms in total. The maximum absolute atomic E-state index is 2.46. The lowest BCUT2D eigenvalue weighted by Crippen LogP contribution is -2.51. The average Bonchev–Trinajstić information content (AvgIpc) is 1.87. The van der Waals surface area contributed by atoms with Crippen molar-refractivity contribution in [1.29, 1.82) is 0 Å². The summed E-state index contributed by atoms with van der Waals surface area (Å²) in [7, 11) is 0. The lowest BCUT2D eigenvalue weighted by Gasteiger charge is -2.59. The van der Waals surface area contributed by atoms with E-state index in [1.807, 2.05) is 0 Å². The van der Waals surface area contributed by atoms with Gasteiger partial charge in [0, 0.05) is 0 Å². The van der Waals surface area contributed by atoms with Crippen molar-refractivity contribution in [3.63, 3.8) is 0 Å². The first kappa shape index (κ1) is 6.69. The van der Waals surface area contributed by atoms with Gasteiger partial charge in [-0.1, -0.05) is 27.2 Å². The van der Waals surface area contributed by atoms with E-state index in [4.69, 9.17) is 0 Å². The molecule has 3 aliphatic carbocycles. The highest BCUT2D eigenvalue weighted by Gasteiger charge is 2.52. The first-order chi connectivity index (χ1) is 4.62. The molecule has 0 spiro atoms. The molecule has 0 heteroatoms. The van der Waals surface area contributed by atoms with Crippen LogP contribution in [0.1, 0.15) is 40.0 Å². The Kier molecular flexibility index (Phi) is 1.19. The first-order valence-corrected chi connectivity index (χ1v) is 4.62. The minimum atomic E-state index is 0.706. The summed E-state index contributed by atoms with van der Waals surface area (Å²) in [6.45, 7) is 7.35. The van der Waals surface area contributed by atoms with E-state index in [1.54, 1.807) is 0 Å². The van der Waals surface area contributed by atoms with Crippen LogP contribution in [0.2, 0.25) is 0 Å². The zero-order valence-electron chi connectivity index (χ0n) is 7.35. The highest BCUT2D eigenvalue weighted by Crippen LogP contribution is 2.61. The molecule has 0 N–H and O–H groups in total. The molecular formula is C10H18. The molecule has 0 aromatic carbocycles. The van der Waals surface area contributed by atoms with Crippen LogP contribution >= 0.6 is 0 Å². The standard InChI is InChI=1S/C10H18/c1-7-4-5-8-6-9(7)10(8,2)3/h7-9H,4-6H2,1-3H3/t7-,8?,9+/m1/s1. The van der Waals surface area contributed by atoms with Crippen molar-refractivity contribution >= 4 is 0 Å². The molecule has 0 radical (unpaired) electrons. The summed E-state index contributed by atoms with van der Waals surface area (Å²) in [6, 6.07) is 0. The predicted molar refractivity (Wildman–Crippen MR) is 43.8 cm³/mol. The van der Waals surface area contributed by atoms with Gasteiger partial charge in [-0.2, -0.15) is 0 Å². The van der Waals surface area contributed by atoms with Crippen molar-refractivity contribution in [2.45, 2.75) is 40.0 Å². The number of rotatable bonds is 0. The van der Waals surface area contributed by atoms with E-state index in [-0.39, 0.29) is 0 Å². The quantitative estimate of drug-likeness (QED) is 0.482. The number of fused-ring (bicyclic) bond motifs is 2. The molecule has 0 heterocycles. The second-order valence-corrected chi connectivity index (χ2v) is 4.92. The van der Waals surface area contributed by atoms with E-state index in [1.165, 1.54) is 19.3 Å². The molecule has 3 fully saturated rings. The van der Waals surface area contributed by atoms with Gasteiger partial charge in [0.2, 0.25) is 0 Å². The second kappa shape index (κ2) is 1.78. The molecule has 58 valence electrons. The fraction of sp³-hybridized carbons (Fsp3) is 1.00.